The molecule has 0 N–H and O–H groups in total. The van der Waals surface area contributed by atoms with E-state index in [4.69, 9.17) is 4.74 Å². The van der Waals surface area contributed by atoms with E-state index in [0.29, 0.717) is 19.7 Å². The second-order valence-electron chi connectivity index (χ2n) is 7.37. The van der Waals surface area contributed by atoms with E-state index in [1.54, 1.807) is 4.90 Å². The van der Waals surface area contributed by atoms with Crippen molar-refractivity contribution in [3.8, 4) is 0 Å². The first kappa shape index (κ1) is 21.2. The van der Waals surface area contributed by atoms with Gasteiger partial charge in [0.1, 0.15) is 6.54 Å². The van der Waals surface area contributed by atoms with E-state index in [1.807, 2.05) is 43.3 Å². The molecular weight excluding hydrogens is 385 g/mol. The summed E-state index contributed by atoms with van der Waals surface area (Å²) in [6.07, 6.45) is -1.60. The molecule has 1 atom stereocenters. The Kier molecular flexibility index (Phi) is 6.46. The number of alkyl halides is 3. The maximum absolute atomic E-state index is 12.9. The van der Waals surface area contributed by atoms with Gasteiger partial charge in [-0.25, -0.2) is 0 Å². The van der Waals surface area contributed by atoms with Gasteiger partial charge >= 0.3 is 6.18 Å². The highest BCUT2D eigenvalue weighted by atomic mass is 19.4. The summed E-state index contributed by atoms with van der Waals surface area (Å²) in [5.74, 6) is -0.297. The minimum atomic E-state index is -4.53. The van der Waals surface area contributed by atoms with Crippen molar-refractivity contribution in [2.45, 2.75) is 38.2 Å². The van der Waals surface area contributed by atoms with E-state index in [2.05, 4.69) is 5.10 Å². The predicted molar refractivity (Wildman–Crippen MR) is 102 cm³/mol. The third-order valence-corrected chi connectivity index (χ3v) is 4.86. The second kappa shape index (κ2) is 8.86. The standard InChI is InChI=1S/C20H25F3N4O2/c1-25(2)16-7-5-15(6-8-16)12-26(13-17-4-3-11-29-17)19(28)14-27-10-9-18(24-27)20(21,22)23/h5-10,17H,3-4,11-14H2,1-2H3. The molecule has 29 heavy (non-hydrogen) atoms. The molecule has 1 unspecified atom stereocenters. The molecule has 0 radical (unpaired) electrons. The maximum Gasteiger partial charge on any atom is 0.435 e. The molecule has 0 saturated carbocycles. The average molecular weight is 410 g/mol. The molecule has 1 aliphatic rings. The number of amides is 1. The largest absolute Gasteiger partial charge is 0.435 e. The third kappa shape index (κ3) is 5.72. The van der Waals surface area contributed by atoms with Crippen LogP contribution in [-0.4, -0.2) is 53.9 Å². The van der Waals surface area contributed by atoms with Crippen molar-refractivity contribution in [1.29, 1.82) is 0 Å². The molecule has 9 heteroatoms. The Morgan fingerprint density at radius 3 is 2.52 bits per heavy atom. The van der Waals surface area contributed by atoms with E-state index < -0.39 is 11.9 Å². The van der Waals surface area contributed by atoms with E-state index >= 15 is 0 Å². The molecule has 1 aromatic heterocycles. The normalized spacial score (nSPS) is 16.8. The van der Waals surface area contributed by atoms with Crippen molar-refractivity contribution in [3.63, 3.8) is 0 Å². The SMILES string of the molecule is CN(C)c1ccc(CN(CC2CCCO2)C(=O)Cn2ccc(C(F)(F)F)n2)cc1. The Morgan fingerprint density at radius 2 is 1.97 bits per heavy atom. The lowest BCUT2D eigenvalue weighted by Crippen LogP contribution is -2.39. The van der Waals surface area contributed by atoms with Crippen LogP contribution in [0.4, 0.5) is 18.9 Å². The first-order valence-electron chi connectivity index (χ1n) is 9.48. The molecule has 1 amide bonds. The first-order valence-corrected chi connectivity index (χ1v) is 9.48. The van der Waals surface area contributed by atoms with Crippen LogP contribution in [0, 0.1) is 0 Å². The van der Waals surface area contributed by atoms with Crippen LogP contribution in [0.3, 0.4) is 0 Å². The Morgan fingerprint density at radius 1 is 1.24 bits per heavy atom. The van der Waals surface area contributed by atoms with Crippen LogP contribution in [-0.2, 0) is 28.8 Å². The summed E-state index contributed by atoms with van der Waals surface area (Å²) in [6.45, 7) is 1.18. The number of halogens is 3. The highest BCUT2D eigenvalue weighted by molar-refractivity contribution is 5.76. The summed E-state index contributed by atoms with van der Waals surface area (Å²) < 4.78 is 44.9. The van der Waals surface area contributed by atoms with Gasteiger partial charge < -0.3 is 14.5 Å². The number of aromatic nitrogens is 2. The number of benzene rings is 1. The molecule has 0 spiro atoms. The number of anilines is 1. The lowest BCUT2D eigenvalue weighted by atomic mass is 10.1. The van der Waals surface area contributed by atoms with E-state index in [9.17, 15) is 18.0 Å². The fourth-order valence-electron chi connectivity index (χ4n) is 3.25. The van der Waals surface area contributed by atoms with E-state index in [-0.39, 0.29) is 18.6 Å². The Bertz CT molecular complexity index is 812. The molecule has 2 heterocycles. The molecule has 1 aromatic carbocycles. The van der Waals surface area contributed by atoms with Gasteiger partial charge in [0.05, 0.1) is 6.10 Å². The average Bonchev–Trinajstić information content (AvgIpc) is 3.33. The minimum absolute atomic E-state index is 0.0524. The van der Waals surface area contributed by atoms with Gasteiger partial charge in [-0.15, -0.1) is 0 Å². The van der Waals surface area contributed by atoms with Crippen molar-refractivity contribution < 1.29 is 22.7 Å². The lowest BCUT2D eigenvalue weighted by Gasteiger charge is -2.26. The van der Waals surface area contributed by atoms with Gasteiger partial charge in [0.15, 0.2) is 5.69 Å². The second-order valence-corrected chi connectivity index (χ2v) is 7.37. The summed E-state index contributed by atoms with van der Waals surface area (Å²) >= 11 is 0. The maximum atomic E-state index is 12.9. The molecule has 6 nitrogen and oxygen atoms in total. The molecule has 1 fully saturated rings. The molecule has 0 aliphatic carbocycles. The van der Waals surface area contributed by atoms with Gasteiger partial charge in [0.2, 0.25) is 5.91 Å². The quantitative estimate of drug-likeness (QED) is 0.704. The topological polar surface area (TPSA) is 50.6 Å². The van der Waals surface area contributed by atoms with Crippen LogP contribution in [0.15, 0.2) is 36.5 Å². The monoisotopic (exact) mass is 410 g/mol. The number of carbonyl (C=O) groups is 1. The lowest BCUT2D eigenvalue weighted by molar-refractivity contribution is -0.142. The number of hydrogen-bond donors (Lipinski definition) is 0. The smallest absolute Gasteiger partial charge is 0.378 e. The van der Waals surface area contributed by atoms with Gasteiger partial charge in [0, 0.05) is 45.7 Å². The highest BCUT2D eigenvalue weighted by Gasteiger charge is 2.34. The van der Waals surface area contributed by atoms with Crippen LogP contribution in [0.2, 0.25) is 0 Å². The number of rotatable bonds is 7. The van der Waals surface area contributed by atoms with Crippen molar-refractivity contribution in [2.24, 2.45) is 0 Å². The summed E-state index contributed by atoms with van der Waals surface area (Å²) in [5, 5.41) is 3.48. The van der Waals surface area contributed by atoms with Crippen LogP contribution in [0.5, 0.6) is 0 Å². The number of ether oxygens (including phenoxy) is 1. The Hall–Kier alpha value is -2.55. The predicted octanol–water partition coefficient (Wildman–Crippen LogP) is 3.18. The molecule has 1 saturated heterocycles. The van der Waals surface area contributed by atoms with Crippen LogP contribution >= 0.6 is 0 Å². The zero-order valence-electron chi connectivity index (χ0n) is 16.5. The Labute approximate surface area is 167 Å². The summed E-state index contributed by atoms with van der Waals surface area (Å²) in [5.41, 5.74) is 0.982. The molecule has 1 aliphatic heterocycles. The first-order chi connectivity index (χ1) is 13.7. The van der Waals surface area contributed by atoms with Crippen LogP contribution in [0.1, 0.15) is 24.1 Å². The summed E-state index contributed by atoms with van der Waals surface area (Å²) in [7, 11) is 3.89. The van der Waals surface area contributed by atoms with Crippen molar-refractivity contribution >= 4 is 11.6 Å². The zero-order valence-corrected chi connectivity index (χ0v) is 16.5. The summed E-state index contributed by atoms with van der Waals surface area (Å²) in [6, 6.07) is 8.69. The molecular formula is C20H25F3N4O2. The van der Waals surface area contributed by atoms with Crippen molar-refractivity contribution in [2.75, 3.05) is 32.1 Å². The van der Waals surface area contributed by atoms with Crippen LogP contribution in [0.25, 0.3) is 0 Å². The van der Waals surface area contributed by atoms with Gasteiger partial charge in [0.25, 0.3) is 0 Å². The van der Waals surface area contributed by atoms with Gasteiger partial charge in [-0.2, -0.15) is 18.3 Å². The fourth-order valence-corrected chi connectivity index (χ4v) is 3.25. The number of nitrogens with zero attached hydrogens (tertiary/aromatic N) is 4. The van der Waals surface area contributed by atoms with Crippen molar-refractivity contribution in [3.05, 3.63) is 47.8 Å². The van der Waals surface area contributed by atoms with Gasteiger partial charge in [-0.3, -0.25) is 9.48 Å². The molecule has 3 rings (SSSR count). The molecule has 2 aromatic rings. The van der Waals surface area contributed by atoms with Crippen molar-refractivity contribution in [1.82, 2.24) is 14.7 Å². The minimum Gasteiger partial charge on any atom is -0.378 e. The molecule has 0 bridgehead atoms. The van der Waals surface area contributed by atoms with Crippen LogP contribution < -0.4 is 4.90 Å². The zero-order chi connectivity index (χ0) is 21.0. The van der Waals surface area contributed by atoms with Gasteiger partial charge in [-0.1, -0.05) is 12.1 Å². The van der Waals surface area contributed by atoms with E-state index in [1.165, 1.54) is 6.20 Å². The van der Waals surface area contributed by atoms with E-state index in [0.717, 1.165) is 34.8 Å². The fraction of sp³-hybridized carbons (Fsp3) is 0.500. The molecule has 158 valence electrons. The summed E-state index contributed by atoms with van der Waals surface area (Å²) in [4.78, 5) is 16.5. The third-order valence-electron chi connectivity index (χ3n) is 4.86. The number of carbonyl (C=O) groups excluding carboxylic acids is 1. The highest BCUT2D eigenvalue weighted by Crippen LogP contribution is 2.27. The number of hydrogen-bond acceptors (Lipinski definition) is 4. The van der Waals surface area contributed by atoms with Gasteiger partial charge in [-0.05, 0) is 36.6 Å². The Balaban J connectivity index is 1.71.